The van der Waals surface area contributed by atoms with E-state index in [-0.39, 0.29) is 11.6 Å². The molecule has 0 aliphatic carbocycles. The zero-order valence-corrected chi connectivity index (χ0v) is 13.1. The van der Waals surface area contributed by atoms with Gasteiger partial charge in [0.05, 0.1) is 12.8 Å². The van der Waals surface area contributed by atoms with Crippen molar-refractivity contribution < 1.29 is 9.53 Å². The number of nitrogens with zero attached hydrogens (tertiary/aromatic N) is 2. The van der Waals surface area contributed by atoms with E-state index in [1.54, 1.807) is 25.3 Å². The second-order valence-corrected chi connectivity index (χ2v) is 4.91. The summed E-state index contributed by atoms with van der Waals surface area (Å²) in [6, 6.07) is 18.3. The number of ether oxygens (including phenoxy) is 1. The van der Waals surface area contributed by atoms with Crippen LogP contribution in [0.3, 0.4) is 0 Å². The molecule has 0 atom stereocenters. The third-order valence-corrected chi connectivity index (χ3v) is 3.27. The Morgan fingerprint density at radius 3 is 2.54 bits per heavy atom. The minimum Gasteiger partial charge on any atom is -0.495 e. The number of carbonyl (C=O) groups is 1. The molecule has 0 unspecified atom stereocenters. The predicted molar refractivity (Wildman–Crippen MR) is 92.7 cm³/mol. The molecule has 24 heavy (non-hydrogen) atoms. The second-order valence-electron chi connectivity index (χ2n) is 4.91. The summed E-state index contributed by atoms with van der Waals surface area (Å²) < 4.78 is 5.22. The van der Waals surface area contributed by atoms with Crippen molar-refractivity contribution in [3.63, 3.8) is 0 Å². The molecule has 0 bridgehead atoms. The van der Waals surface area contributed by atoms with Crippen LogP contribution in [0.4, 0.5) is 17.3 Å². The van der Waals surface area contributed by atoms with Crippen LogP contribution in [0.25, 0.3) is 0 Å². The Balaban J connectivity index is 1.77. The van der Waals surface area contributed by atoms with Crippen molar-refractivity contribution >= 4 is 23.2 Å². The number of aromatic nitrogens is 2. The Kier molecular flexibility index (Phi) is 4.67. The maximum atomic E-state index is 12.4. The van der Waals surface area contributed by atoms with Gasteiger partial charge >= 0.3 is 0 Å². The van der Waals surface area contributed by atoms with Crippen molar-refractivity contribution in [2.24, 2.45) is 0 Å². The molecular formula is C18H16N4O2. The number of carbonyl (C=O) groups excluding carboxylic acids is 1. The van der Waals surface area contributed by atoms with E-state index in [0.717, 1.165) is 5.69 Å². The van der Waals surface area contributed by atoms with Gasteiger partial charge < -0.3 is 15.4 Å². The molecule has 0 fully saturated rings. The van der Waals surface area contributed by atoms with E-state index in [2.05, 4.69) is 20.6 Å². The van der Waals surface area contributed by atoms with Crippen LogP contribution < -0.4 is 15.4 Å². The third kappa shape index (κ3) is 3.67. The maximum Gasteiger partial charge on any atom is 0.274 e. The van der Waals surface area contributed by atoms with Gasteiger partial charge in [-0.15, -0.1) is 0 Å². The highest BCUT2D eigenvalue weighted by Gasteiger charge is 2.11. The highest BCUT2D eigenvalue weighted by atomic mass is 16.5. The van der Waals surface area contributed by atoms with Crippen LogP contribution in [0.5, 0.6) is 5.75 Å². The van der Waals surface area contributed by atoms with Gasteiger partial charge in [0.1, 0.15) is 11.4 Å². The first-order chi connectivity index (χ1) is 11.8. The molecule has 0 aliphatic heterocycles. The molecule has 0 saturated heterocycles. The molecule has 2 aromatic carbocycles. The monoisotopic (exact) mass is 320 g/mol. The van der Waals surface area contributed by atoms with Crippen LogP contribution in [-0.2, 0) is 0 Å². The topological polar surface area (TPSA) is 76.1 Å². The number of benzene rings is 2. The number of hydrogen-bond donors (Lipinski definition) is 2. The highest BCUT2D eigenvalue weighted by Crippen LogP contribution is 2.23. The number of para-hydroxylation sites is 3. The summed E-state index contributed by atoms with van der Waals surface area (Å²) in [6.45, 7) is 0. The van der Waals surface area contributed by atoms with E-state index in [4.69, 9.17) is 4.74 Å². The van der Waals surface area contributed by atoms with Gasteiger partial charge in [-0.05, 0) is 30.3 Å². The van der Waals surface area contributed by atoms with E-state index in [1.165, 1.54) is 6.20 Å². The summed E-state index contributed by atoms with van der Waals surface area (Å²) in [6.07, 6.45) is 1.54. The van der Waals surface area contributed by atoms with Crippen LogP contribution in [0.1, 0.15) is 10.5 Å². The molecule has 0 radical (unpaired) electrons. The number of methoxy groups -OCH3 is 1. The normalized spacial score (nSPS) is 10.0. The van der Waals surface area contributed by atoms with Gasteiger partial charge in [0, 0.05) is 11.9 Å². The van der Waals surface area contributed by atoms with E-state index in [0.29, 0.717) is 17.4 Å². The van der Waals surface area contributed by atoms with Gasteiger partial charge in [0.25, 0.3) is 5.91 Å². The lowest BCUT2D eigenvalue weighted by Gasteiger charge is -2.10. The fourth-order valence-corrected chi connectivity index (χ4v) is 2.13. The summed E-state index contributed by atoms with van der Waals surface area (Å²) >= 11 is 0. The fraction of sp³-hybridized carbons (Fsp3) is 0.0556. The number of amides is 1. The average molecular weight is 320 g/mol. The minimum atomic E-state index is -0.335. The predicted octanol–water partition coefficient (Wildman–Crippen LogP) is 3.48. The van der Waals surface area contributed by atoms with Gasteiger partial charge in [0.2, 0.25) is 5.95 Å². The first kappa shape index (κ1) is 15.5. The van der Waals surface area contributed by atoms with Gasteiger partial charge in [-0.25, -0.2) is 9.97 Å². The molecule has 0 saturated carbocycles. The molecular weight excluding hydrogens is 304 g/mol. The first-order valence-corrected chi connectivity index (χ1v) is 7.36. The molecule has 0 spiro atoms. The summed E-state index contributed by atoms with van der Waals surface area (Å²) in [5, 5.41) is 5.85. The lowest BCUT2D eigenvalue weighted by Crippen LogP contribution is -2.15. The summed E-state index contributed by atoms with van der Waals surface area (Å²) in [5.74, 6) is 0.606. The van der Waals surface area contributed by atoms with E-state index in [1.807, 2.05) is 42.5 Å². The maximum absolute atomic E-state index is 12.4. The Morgan fingerprint density at radius 2 is 1.75 bits per heavy atom. The van der Waals surface area contributed by atoms with Crippen molar-refractivity contribution in [1.29, 1.82) is 0 Å². The van der Waals surface area contributed by atoms with Gasteiger partial charge in [-0.1, -0.05) is 30.3 Å². The van der Waals surface area contributed by atoms with Crippen molar-refractivity contribution in [2.75, 3.05) is 17.7 Å². The lowest BCUT2D eigenvalue weighted by molar-refractivity contribution is 0.102. The van der Waals surface area contributed by atoms with E-state index < -0.39 is 0 Å². The largest absolute Gasteiger partial charge is 0.495 e. The van der Waals surface area contributed by atoms with Crippen LogP contribution in [0.15, 0.2) is 66.9 Å². The van der Waals surface area contributed by atoms with Crippen molar-refractivity contribution in [3.8, 4) is 5.75 Å². The molecule has 1 amide bonds. The van der Waals surface area contributed by atoms with Crippen LogP contribution in [-0.4, -0.2) is 23.0 Å². The van der Waals surface area contributed by atoms with Gasteiger partial charge in [-0.3, -0.25) is 4.79 Å². The van der Waals surface area contributed by atoms with Crippen LogP contribution >= 0.6 is 0 Å². The molecule has 3 aromatic rings. The van der Waals surface area contributed by atoms with Gasteiger partial charge in [0.15, 0.2) is 0 Å². The molecule has 6 heteroatoms. The SMILES string of the molecule is COc1ccccc1NC(=O)c1ccnc(Nc2ccccc2)n1. The molecule has 120 valence electrons. The van der Waals surface area contributed by atoms with Crippen molar-refractivity contribution in [2.45, 2.75) is 0 Å². The molecule has 3 rings (SSSR count). The van der Waals surface area contributed by atoms with E-state index in [9.17, 15) is 4.79 Å². The second kappa shape index (κ2) is 7.23. The fourth-order valence-electron chi connectivity index (χ4n) is 2.13. The van der Waals surface area contributed by atoms with Gasteiger partial charge in [-0.2, -0.15) is 0 Å². The van der Waals surface area contributed by atoms with Crippen LogP contribution in [0, 0.1) is 0 Å². The summed E-state index contributed by atoms with van der Waals surface area (Å²) in [7, 11) is 1.55. The number of nitrogens with one attached hydrogen (secondary N) is 2. The lowest BCUT2D eigenvalue weighted by atomic mass is 10.2. The zero-order chi connectivity index (χ0) is 16.8. The number of hydrogen-bond acceptors (Lipinski definition) is 5. The molecule has 2 N–H and O–H groups in total. The quantitative estimate of drug-likeness (QED) is 0.752. The zero-order valence-electron chi connectivity index (χ0n) is 13.1. The van der Waals surface area contributed by atoms with E-state index >= 15 is 0 Å². The van der Waals surface area contributed by atoms with Crippen molar-refractivity contribution in [1.82, 2.24) is 9.97 Å². The molecule has 1 heterocycles. The summed E-state index contributed by atoms with van der Waals surface area (Å²) in [4.78, 5) is 20.8. The Bertz CT molecular complexity index is 837. The average Bonchev–Trinajstić information content (AvgIpc) is 2.63. The highest BCUT2D eigenvalue weighted by molar-refractivity contribution is 6.03. The molecule has 6 nitrogen and oxygen atoms in total. The standard InChI is InChI=1S/C18H16N4O2/c1-24-16-10-6-5-9-14(16)21-17(23)15-11-12-19-18(22-15)20-13-7-3-2-4-8-13/h2-12H,1H3,(H,21,23)(H,19,20,22). The number of anilines is 3. The first-order valence-electron chi connectivity index (χ1n) is 7.36. The Hall–Kier alpha value is -3.41. The van der Waals surface area contributed by atoms with Crippen LogP contribution in [0.2, 0.25) is 0 Å². The minimum absolute atomic E-state index is 0.259. The summed E-state index contributed by atoms with van der Waals surface area (Å²) in [5.41, 5.74) is 1.69. The Labute approximate surface area is 139 Å². The Morgan fingerprint density at radius 1 is 1.00 bits per heavy atom. The number of rotatable bonds is 5. The third-order valence-electron chi connectivity index (χ3n) is 3.27. The molecule has 1 aromatic heterocycles. The molecule has 0 aliphatic rings. The van der Waals surface area contributed by atoms with Crippen molar-refractivity contribution in [3.05, 3.63) is 72.6 Å². The smallest absolute Gasteiger partial charge is 0.274 e.